The molecule has 5 nitrogen and oxygen atoms in total. The first-order chi connectivity index (χ1) is 7.19. The summed E-state index contributed by atoms with van der Waals surface area (Å²) in [6.45, 7) is 2.04. The highest BCUT2D eigenvalue weighted by atomic mass is 32.2. The second-order valence-corrected chi connectivity index (χ2v) is 3.60. The van der Waals surface area contributed by atoms with Gasteiger partial charge in [-0.1, -0.05) is 0 Å². The molecule has 0 aliphatic heterocycles. The molecule has 0 unspecified atom stereocenters. The average Bonchev–Trinajstić information content (AvgIpc) is 2.18. The van der Waals surface area contributed by atoms with Gasteiger partial charge in [0.1, 0.15) is 17.2 Å². The van der Waals surface area contributed by atoms with Crippen molar-refractivity contribution < 1.29 is 9.53 Å². The molecule has 0 spiro atoms. The zero-order valence-electron chi connectivity index (χ0n) is 8.69. The van der Waals surface area contributed by atoms with E-state index in [1.807, 2.05) is 6.26 Å². The number of thioether (sulfide) groups is 1. The van der Waals surface area contributed by atoms with Crippen LogP contribution in [0.15, 0.2) is 6.20 Å². The fraction of sp³-hybridized carbons (Fsp3) is 0.444. The number of carbonyl (C=O) groups excluding carboxylic acids is 1. The van der Waals surface area contributed by atoms with E-state index in [2.05, 4.69) is 9.97 Å². The van der Waals surface area contributed by atoms with Gasteiger partial charge >= 0.3 is 5.97 Å². The lowest BCUT2D eigenvalue weighted by atomic mass is 10.3. The number of esters is 1. The van der Waals surface area contributed by atoms with Crippen LogP contribution >= 0.6 is 11.8 Å². The second kappa shape index (κ2) is 5.55. The molecule has 1 aromatic rings. The number of anilines is 1. The molecule has 6 heteroatoms. The molecule has 82 valence electrons. The van der Waals surface area contributed by atoms with Crippen LogP contribution in [0.5, 0.6) is 0 Å². The van der Waals surface area contributed by atoms with Crippen molar-refractivity contribution in [3.63, 3.8) is 0 Å². The number of carbonyl (C=O) groups is 1. The number of aromatic nitrogens is 2. The summed E-state index contributed by atoms with van der Waals surface area (Å²) in [4.78, 5) is 19.4. The van der Waals surface area contributed by atoms with Crippen LogP contribution in [0.25, 0.3) is 0 Å². The lowest BCUT2D eigenvalue weighted by Gasteiger charge is -2.05. The zero-order chi connectivity index (χ0) is 11.3. The molecule has 1 aromatic heterocycles. The van der Waals surface area contributed by atoms with Gasteiger partial charge in [0, 0.05) is 6.20 Å². The fourth-order valence-electron chi connectivity index (χ4n) is 0.998. The quantitative estimate of drug-likeness (QED) is 0.776. The van der Waals surface area contributed by atoms with E-state index >= 15 is 0 Å². The molecule has 1 rings (SSSR count). The van der Waals surface area contributed by atoms with E-state index in [-0.39, 0.29) is 11.4 Å². The topological polar surface area (TPSA) is 78.1 Å². The average molecular weight is 227 g/mol. The van der Waals surface area contributed by atoms with E-state index in [1.165, 1.54) is 6.20 Å². The van der Waals surface area contributed by atoms with Crippen LogP contribution in [0.2, 0.25) is 0 Å². The third-order valence-electron chi connectivity index (χ3n) is 1.64. The first kappa shape index (κ1) is 11.8. The maximum Gasteiger partial charge on any atom is 0.343 e. The number of nitrogen functional groups attached to an aromatic ring is 1. The van der Waals surface area contributed by atoms with E-state index < -0.39 is 5.97 Å². The van der Waals surface area contributed by atoms with E-state index in [0.29, 0.717) is 18.2 Å². The lowest BCUT2D eigenvalue weighted by molar-refractivity contribution is 0.0526. The monoisotopic (exact) mass is 227 g/mol. The molecule has 1 heterocycles. The van der Waals surface area contributed by atoms with Crippen molar-refractivity contribution in [2.24, 2.45) is 0 Å². The highest BCUT2D eigenvalue weighted by Crippen LogP contribution is 2.11. The zero-order valence-corrected chi connectivity index (χ0v) is 9.50. The molecule has 0 radical (unpaired) electrons. The number of nitrogens with two attached hydrogens (primary N) is 1. The third kappa shape index (κ3) is 3.09. The van der Waals surface area contributed by atoms with Crippen LogP contribution in [-0.4, -0.2) is 28.8 Å². The molecule has 0 fully saturated rings. The van der Waals surface area contributed by atoms with Gasteiger partial charge in [0.05, 0.1) is 12.4 Å². The minimum atomic E-state index is -0.481. The molecule has 0 atom stereocenters. The SMILES string of the molecule is CCOC(=O)c1cnc(CSC)nc1N. The van der Waals surface area contributed by atoms with E-state index in [4.69, 9.17) is 10.5 Å². The number of hydrogen-bond acceptors (Lipinski definition) is 6. The van der Waals surface area contributed by atoms with Crippen LogP contribution < -0.4 is 5.73 Å². The Morgan fingerprint density at radius 1 is 1.67 bits per heavy atom. The maximum absolute atomic E-state index is 11.3. The Hall–Kier alpha value is -1.30. The van der Waals surface area contributed by atoms with Crippen LogP contribution in [0.3, 0.4) is 0 Å². The summed E-state index contributed by atoms with van der Waals surface area (Å²) in [5, 5.41) is 0. The summed E-state index contributed by atoms with van der Waals surface area (Å²) in [6.07, 6.45) is 3.35. The Bertz CT molecular complexity index is 357. The van der Waals surface area contributed by atoms with Gasteiger partial charge in [0.15, 0.2) is 0 Å². The summed E-state index contributed by atoms with van der Waals surface area (Å²) in [5.41, 5.74) is 5.85. The van der Waals surface area contributed by atoms with Crippen molar-refractivity contribution in [1.29, 1.82) is 0 Å². The van der Waals surface area contributed by atoms with Crippen molar-refractivity contribution >= 4 is 23.5 Å². The van der Waals surface area contributed by atoms with Gasteiger partial charge in [-0.2, -0.15) is 11.8 Å². The van der Waals surface area contributed by atoms with Crippen LogP contribution in [0.1, 0.15) is 23.1 Å². The molecule has 0 amide bonds. The summed E-state index contributed by atoms with van der Waals surface area (Å²) in [5.74, 6) is 0.985. The smallest absolute Gasteiger partial charge is 0.343 e. The predicted molar refractivity (Wildman–Crippen MR) is 59.6 cm³/mol. The van der Waals surface area contributed by atoms with Gasteiger partial charge in [0.2, 0.25) is 0 Å². The number of rotatable bonds is 4. The Kier molecular flexibility index (Phi) is 4.36. The predicted octanol–water partition coefficient (Wildman–Crippen LogP) is 1.10. The molecule has 0 aromatic carbocycles. The second-order valence-electron chi connectivity index (χ2n) is 2.74. The van der Waals surface area contributed by atoms with Gasteiger partial charge < -0.3 is 10.5 Å². The molecular weight excluding hydrogens is 214 g/mol. The maximum atomic E-state index is 11.3. The Balaban J connectivity index is 2.87. The van der Waals surface area contributed by atoms with Gasteiger partial charge in [-0.05, 0) is 13.2 Å². The van der Waals surface area contributed by atoms with Crippen LogP contribution in [0.4, 0.5) is 5.82 Å². The van der Waals surface area contributed by atoms with Crippen molar-refractivity contribution in [2.45, 2.75) is 12.7 Å². The summed E-state index contributed by atoms with van der Waals surface area (Å²) in [7, 11) is 0. The third-order valence-corrected chi connectivity index (χ3v) is 2.18. The van der Waals surface area contributed by atoms with E-state index in [1.54, 1.807) is 18.7 Å². The fourth-order valence-corrected chi connectivity index (χ4v) is 1.40. The highest BCUT2D eigenvalue weighted by Gasteiger charge is 2.12. The van der Waals surface area contributed by atoms with Crippen molar-refractivity contribution in [3.05, 3.63) is 17.6 Å². The van der Waals surface area contributed by atoms with E-state index in [9.17, 15) is 4.79 Å². The summed E-state index contributed by atoms with van der Waals surface area (Å²) >= 11 is 1.59. The largest absolute Gasteiger partial charge is 0.462 e. The summed E-state index contributed by atoms with van der Waals surface area (Å²) < 4.78 is 4.80. The molecule has 0 bridgehead atoms. The summed E-state index contributed by atoms with van der Waals surface area (Å²) in [6, 6.07) is 0. The molecule has 0 aliphatic carbocycles. The van der Waals surface area contributed by atoms with E-state index in [0.717, 1.165) is 0 Å². The highest BCUT2D eigenvalue weighted by molar-refractivity contribution is 7.97. The standard InChI is InChI=1S/C9H13N3O2S/c1-3-14-9(13)6-4-11-7(5-15-2)12-8(6)10/h4H,3,5H2,1-2H3,(H2,10,11,12). The van der Waals surface area contributed by atoms with Crippen molar-refractivity contribution in [2.75, 3.05) is 18.6 Å². The van der Waals surface area contributed by atoms with Crippen LogP contribution in [0, 0.1) is 0 Å². The Labute approximate surface area is 92.4 Å². The minimum Gasteiger partial charge on any atom is -0.462 e. The molecular formula is C9H13N3O2S. The number of hydrogen-bond donors (Lipinski definition) is 1. The Morgan fingerprint density at radius 3 is 2.93 bits per heavy atom. The molecule has 15 heavy (non-hydrogen) atoms. The first-order valence-corrected chi connectivity index (χ1v) is 5.85. The number of ether oxygens (including phenoxy) is 1. The van der Waals surface area contributed by atoms with Crippen molar-refractivity contribution in [3.8, 4) is 0 Å². The molecule has 2 N–H and O–H groups in total. The number of nitrogens with zero attached hydrogens (tertiary/aromatic N) is 2. The minimum absolute atomic E-state index is 0.174. The molecule has 0 saturated carbocycles. The lowest BCUT2D eigenvalue weighted by Crippen LogP contribution is -2.11. The van der Waals surface area contributed by atoms with Gasteiger partial charge in [-0.3, -0.25) is 0 Å². The normalized spacial score (nSPS) is 10.0. The van der Waals surface area contributed by atoms with Gasteiger partial charge in [-0.15, -0.1) is 0 Å². The Morgan fingerprint density at radius 2 is 2.40 bits per heavy atom. The van der Waals surface area contributed by atoms with Crippen molar-refractivity contribution in [1.82, 2.24) is 9.97 Å². The molecule has 0 aliphatic rings. The van der Waals surface area contributed by atoms with Crippen LogP contribution in [-0.2, 0) is 10.5 Å². The molecule has 0 saturated heterocycles. The van der Waals surface area contributed by atoms with Gasteiger partial charge in [0.25, 0.3) is 0 Å². The first-order valence-electron chi connectivity index (χ1n) is 4.46. The van der Waals surface area contributed by atoms with Gasteiger partial charge in [-0.25, -0.2) is 14.8 Å².